The van der Waals surface area contributed by atoms with Crippen LogP contribution in [0.2, 0.25) is 0 Å². The Hall–Kier alpha value is -2.58. The van der Waals surface area contributed by atoms with Crippen LogP contribution in [0.25, 0.3) is 0 Å². The molecule has 2 aliphatic rings. The summed E-state index contributed by atoms with van der Waals surface area (Å²) in [5.41, 5.74) is -0.200. The Morgan fingerprint density at radius 1 is 1.12 bits per heavy atom. The van der Waals surface area contributed by atoms with E-state index < -0.39 is 11.7 Å². The molecule has 1 amide bonds. The van der Waals surface area contributed by atoms with E-state index in [0.717, 1.165) is 12.3 Å². The van der Waals surface area contributed by atoms with Crippen LogP contribution < -0.4 is 4.90 Å². The van der Waals surface area contributed by atoms with Gasteiger partial charge in [0.25, 0.3) is 5.91 Å². The van der Waals surface area contributed by atoms with E-state index in [0.29, 0.717) is 49.4 Å². The number of fused-ring (bicyclic) bond motifs is 1. The normalized spacial score (nSPS) is 23.2. The van der Waals surface area contributed by atoms with Crippen molar-refractivity contribution in [2.45, 2.75) is 6.18 Å². The fourth-order valence-electron chi connectivity index (χ4n) is 3.64. The number of nitrogens with zero attached hydrogens (tertiary/aromatic N) is 4. The van der Waals surface area contributed by atoms with Crippen molar-refractivity contribution in [1.29, 1.82) is 0 Å². The highest BCUT2D eigenvalue weighted by Gasteiger charge is 2.42. The second-order valence-corrected chi connectivity index (χ2v) is 6.53. The Bertz CT molecular complexity index is 745. The lowest BCUT2D eigenvalue weighted by atomic mass is 10.0. The molecule has 2 saturated heterocycles. The number of nitrogens with one attached hydrogen (secondary N) is 1. The summed E-state index contributed by atoms with van der Waals surface area (Å²) in [5, 5.41) is 6.43. The first-order valence-corrected chi connectivity index (χ1v) is 7.98. The van der Waals surface area contributed by atoms with Gasteiger partial charge in [-0.2, -0.15) is 18.3 Å². The SMILES string of the molecule is O=C(c1cn[nH]c1)N1CC2CN(c3ccc(C(F)(F)F)cn3)CC2C1. The van der Waals surface area contributed by atoms with Gasteiger partial charge in [0.1, 0.15) is 5.82 Å². The van der Waals surface area contributed by atoms with Gasteiger partial charge in [-0.05, 0) is 12.1 Å². The third kappa shape index (κ3) is 2.94. The Kier molecular flexibility index (Phi) is 3.66. The van der Waals surface area contributed by atoms with Gasteiger partial charge in [0.15, 0.2) is 0 Å². The number of halogens is 3. The molecule has 0 saturated carbocycles. The number of aromatic nitrogens is 3. The highest BCUT2D eigenvalue weighted by molar-refractivity contribution is 5.93. The van der Waals surface area contributed by atoms with E-state index in [9.17, 15) is 18.0 Å². The maximum atomic E-state index is 12.6. The molecule has 0 spiro atoms. The molecule has 4 rings (SSSR count). The molecule has 2 atom stereocenters. The summed E-state index contributed by atoms with van der Waals surface area (Å²) >= 11 is 0. The van der Waals surface area contributed by atoms with Crippen molar-refractivity contribution >= 4 is 11.7 Å². The van der Waals surface area contributed by atoms with E-state index in [4.69, 9.17) is 0 Å². The molecule has 2 aromatic rings. The standard InChI is InChI=1S/C16H16F3N5O/c17-16(18,19)13-1-2-14(20-5-13)23-6-11-8-24(9-12(11)7-23)15(25)10-3-21-22-4-10/h1-5,11-12H,6-9H2,(H,21,22). The lowest BCUT2D eigenvalue weighted by Crippen LogP contribution is -2.33. The fraction of sp³-hybridized carbons (Fsp3) is 0.438. The summed E-state index contributed by atoms with van der Waals surface area (Å²) in [4.78, 5) is 20.1. The fourth-order valence-corrected chi connectivity index (χ4v) is 3.64. The Labute approximate surface area is 141 Å². The molecule has 9 heteroatoms. The van der Waals surface area contributed by atoms with Gasteiger partial charge in [-0.15, -0.1) is 0 Å². The first-order valence-electron chi connectivity index (χ1n) is 7.98. The van der Waals surface area contributed by atoms with Gasteiger partial charge in [0.2, 0.25) is 0 Å². The van der Waals surface area contributed by atoms with E-state index >= 15 is 0 Å². The summed E-state index contributed by atoms with van der Waals surface area (Å²) in [7, 11) is 0. The van der Waals surface area contributed by atoms with Gasteiger partial charge in [0.05, 0.1) is 17.3 Å². The maximum Gasteiger partial charge on any atom is 0.417 e. The van der Waals surface area contributed by atoms with Crippen LogP contribution in [-0.2, 0) is 6.18 Å². The van der Waals surface area contributed by atoms with E-state index in [1.54, 1.807) is 6.20 Å². The van der Waals surface area contributed by atoms with Crippen LogP contribution in [0.5, 0.6) is 0 Å². The molecular weight excluding hydrogens is 335 g/mol. The quantitative estimate of drug-likeness (QED) is 0.899. The van der Waals surface area contributed by atoms with Crippen molar-refractivity contribution < 1.29 is 18.0 Å². The highest BCUT2D eigenvalue weighted by atomic mass is 19.4. The van der Waals surface area contributed by atoms with Gasteiger partial charge in [-0.3, -0.25) is 9.89 Å². The number of alkyl halides is 3. The first kappa shape index (κ1) is 15.9. The minimum Gasteiger partial charge on any atom is -0.356 e. The average molecular weight is 351 g/mol. The topological polar surface area (TPSA) is 65.1 Å². The lowest BCUT2D eigenvalue weighted by Gasteiger charge is -2.22. The van der Waals surface area contributed by atoms with Gasteiger partial charge in [0, 0.05) is 50.4 Å². The summed E-state index contributed by atoms with van der Waals surface area (Å²) in [6.45, 7) is 2.67. The molecule has 4 heterocycles. The second kappa shape index (κ2) is 5.75. The van der Waals surface area contributed by atoms with Crippen LogP contribution in [0.4, 0.5) is 19.0 Å². The van der Waals surface area contributed by atoms with E-state index in [1.807, 2.05) is 9.80 Å². The number of carbonyl (C=O) groups excluding carboxylic acids is 1. The molecule has 0 radical (unpaired) electrons. The zero-order valence-corrected chi connectivity index (χ0v) is 13.2. The third-order valence-electron chi connectivity index (χ3n) is 4.92. The Balaban J connectivity index is 1.40. The van der Waals surface area contributed by atoms with Gasteiger partial charge in [-0.1, -0.05) is 0 Å². The predicted molar refractivity (Wildman–Crippen MR) is 82.9 cm³/mol. The number of likely N-dealkylation sites (tertiary alicyclic amines) is 1. The van der Waals surface area contributed by atoms with Crippen molar-refractivity contribution in [2.75, 3.05) is 31.1 Å². The molecule has 132 valence electrons. The van der Waals surface area contributed by atoms with Crippen LogP contribution >= 0.6 is 0 Å². The van der Waals surface area contributed by atoms with Gasteiger partial charge >= 0.3 is 6.18 Å². The zero-order valence-electron chi connectivity index (χ0n) is 13.2. The molecule has 0 bridgehead atoms. The molecular formula is C16H16F3N5O. The minimum atomic E-state index is -4.37. The van der Waals surface area contributed by atoms with E-state index in [1.165, 1.54) is 12.3 Å². The summed E-state index contributed by atoms with van der Waals surface area (Å²) in [6, 6.07) is 2.48. The monoisotopic (exact) mass is 351 g/mol. The van der Waals surface area contributed by atoms with Gasteiger partial charge < -0.3 is 9.80 Å². The molecule has 2 unspecified atom stereocenters. The third-order valence-corrected chi connectivity index (χ3v) is 4.92. The highest BCUT2D eigenvalue weighted by Crippen LogP contribution is 2.35. The van der Waals surface area contributed by atoms with Crippen molar-refractivity contribution in [1.82, 2.24) is 20.1 Å². The van der Waals surface area contributed by atoms with Gasteiger partial charge in [-0.25, -0.2) is 4.98 Å². The van der Waals surface area contributed by atoms with E-state index in [2.05, 4.69) is 15.2 Å². The number of H-pyrrole nitrogens is 1. The van der Waals surface area contributed by atoms with Crippen molar-refractivity contribution in [3.8, 4) is 0 Å². The number of pyridine rings is 1. The van der Waals surface area contributed by atoms with E-state index in [-0.39, 0.29) is 5.91 Å². The Morgan fingerprint density at radius 3 is 2.36 bits per heavy atom. The van der Waals surface area contributed by atoms with Crippen LogP contribution in [0.1, 0.15) is 15.9 Å². The number of anilines is 1. The molecule has 1 N–H and O–H groups in total. The Morgan fingerprint density at radius 2 is 1.84 bits per heavy atom. The zero-order chi connectivity index (χ0) is 17.6. The summed E-state index contributed by atoms with van der Waals surface area (Å²) in [6.07, 6.45) is -0.414. The second-order valence-electron chi connectivity index (χ2n) is 6.53. The summed E-state index contributed by atoms with van der Waals surface area (Å²) < 4.78 is 37.9. The van der Waals surface area contributed by atoms with Crippen molar-refractivity contribution in [2.24, 2.45) is 11.8 Å². The predicted octanol–water partition coefficient (Wildman–Crippen LogP) is 2.03. The molecule has 25 heavy (non-hydrogen) atoms. The molecule has 2 aromatic heterocycles. The van der Waals surface area contributed by atoms with Crippen molar-refractivity contribution in [3.05, 3.63) is 41.9 Å². The summed E-state index contributed by atoms with van der Waals surface area (Å²) in [5.74, 6) is 1.12. The smallest absolute Gasteiger partial charge is 0.356 e. The molecule has 0 aromatic carbocycles. The van der Waals surface area contributed by atoms with Crippen LogP contribution in [0, 0.1) is 11.8 Å². The number of carbonyl (C=O) groups is 1. The molecule has 0 aliphatic carbocycles. The van der Waals surface area contributed by atoms with Crippen LogP contribution in [-0.4, -0.2) is 52.2 Å². The van der Waals surface area contributed by atoms with Crippen LogP contribution in [0.15, 0.2) is 30.7 Å². The van der Waals surface area contributed by atoms with Crippen molar-refractivity contribution in [3.63, 3.8) is 0 Å². The number of amides is 1. The van der Waals surface area contributed by atoms with Crippen LogP contribution in [0.3, 0.4) is 0 Å². The number of hydrogen-bond donors (Lipinski definition) is 1. The lowest BCUT2D eigenvalue weighted by molar-refractivity contribution is -0.137. The molecule has 2 aliphatic heterocycles. The maximum absolute atomic E-state index is 12.6. The average Bonchev–Trinajstić information content (AvgIpc) is 3.29. The number of rotatable bonds is 2. The number of aromatic amines is 1. The number of hydrogen-bond acceptors (Lipinski definition) is 4. The molecule has 2 fully saturated rings. The largest absolute Gasteiger partial charge is 0.417 e. The minimum absolute atomic E-state index is 0.0395. The first-order chi connectivity index (χ1) is 11.9. The molecule has 6 nitrogen and oxygen atoms in total.